The van der Waals surface area contributed by atoms with Gasteiger partial charge in [0.2, 0.25) is 0 Å². The molecule has 4 rings (SSSR count). The van der Waals surface area contributed by atoms with Gasteiger partial charge in [0.15, 0.2) is 5.69 Å². The van der Waals surface area contributed by atoms with Crippen molar-refractivity contribution in [2.45, 2.75) is 50.7 Å². The van der Waals surface area contributed by atoms with E-state index in [0.29, 0.717) is 38.2 Å². The summed E-state index contributed by atoms with van der Waals surface area (Å²) in [5, 5.41) is 18.6. The molecule has 0 bridgehead atoms. The number of likely N-dealkylation sites (N-methyl/N-ethyl adjacent to an activating group) is 1. The Morgan fingerprint density at radius 3 is 2.80 bits per heavy atom. The van der Waals surface area contributed by atoms with E-state index in [9.17, 15) is 9.90 Å². The molecule has 30 heavy (non-hydrogen) atoms. The fraction of sp³-hybridized carbons (Fsp3) is 0.565. The fourth-order valence-corrected chi connectivity index (χ4v) is 4.79. The Morgan fingerprint density at radius 2 is 2.03 bits per heavy atom. The Labute approximate surface area is 178 Å². The summed E-state index contributed by atoms with van der Waals surface area (Å²) in [6.07, 6.45) is 5.08. The number of nitrogens with zero attached hydrogens (tertiary/aromatic N) is 3. The third-order valence-corrected chi connectivity index (χ3v) is 6.39. The van der Waals surface area contributed by atoms with Gasteiger partial charge < -0.3 is 14.7 Å². The van der Waals surface area contributed by atoms with E-state index in [1.807, 2.05) is 24.1 Å². The van der Waals surface area contributed by atoms with Gasteiger partial charge in [-0.05, 0) is 63.3 Å². The van der Waals surface area contributed by atoms with Gasteiger partial charge in [-0.3, -0.25) is 14.8 Å². The van der Waals surface area contributed by atoms with Crippen molar-refractivity contribution in [1.29, 1.82) is 0 Å². The molecule has 7 heteroatoms. The number of likely N-dealkylation sites (tertiary alicyclic amines) is 1. The molecule has 1 aliphatic heterocycles. The zero-order chi connectivity index (χ0) is 21.1. The molecule has 0 radical (unpaired) electrons. The van der Waals surface area contributed by atoms with E-state index in [4.69, 9.17) is 4.74 Å². The van der Waals surface area contributed by atoms with Crippen molar-refractivity contribution >= 4 is 5.91 Å². The van der Waals surface area contributed by atoms with Crippen LogP contribution in [0.25, 0.3) is 0 Å². The molecule has 2 aromatic rings. The van der Waals surface area contributed by atoms with Crippen molar-refractivity contribution in [3.8, 4) is 5.75 Å². The van der Waals surface area contributed by atoms with Crippen LogP contribution in [0.3, 0.4) is 0 Å². The van der Waals surface area contributed by atoms with Crippen LogP contribution in [-0.2, 0) is 19.4 Å². The molecule has 2 aliphatic rings. The number of benzene rings is 1. The number of hydrogen-bond donors (Lipinski definition) is 2. The molecule has 2 N–H and O–H groups in total. The molecule has 162 valence electrons. The Kier molecular flexibility index (Phi) is 6.11. The number of aromatic nitrogens is 2. The lowest BCUT2D eigenvalue weighted by atomic mass is 9.94. The third kappa shape index (κ3) is 4.52. The molecular weight excluding hydrogens is 380 g/mol. The summed E-state index contributed by atoms with van der Waals surface area (Å²) in [5.74, 6) is 0.848. The second kappa shape index (κ2) is 8.78. The summed E-state index contributed by atoms with van der Waals surface area (Å²) in [5.41, 5.74) is 3.19. The normalized spacial score (nSPS) is 21.5. The fourth-order valence-electron chi connectivity index (χ4n) is 4.79. The van der Waals surface area contributed by atoms with Crippen molar-refractivity contribution in [2.75, 3.05) is 33.8 Å². The van der Waals surface area contributed by atoms with Crippen LogP contribution in [0.1, 0.15) is 53.0 Å². The average molecular weight is 413 g/mol. The van der Waals surface area contributed by atoms with E-state index in [1.54, 1.807) is 7.11 Å². The number of methoxy groups -OCH3 is 1. The number of hydrogen-bond acceptors (Lipinski definition) is 5. The van der Waals surface area contributed by atoms with Crippen LogP contribution in [-0.4, -0.2) is 70.4 Å². The summed E-state index contributed by atoms with van der Waals surface area (Å²) in [7, 11) is 3.69. The van der Waals surface area contributed by atoms with Crippen LogP contribution in [0.15, 0.2) is 24.3 Å². The lowest BCUT2D eigenvalue weighted by Gasteiger charge is -2.31. The highest BCUT2D eigenvalue weighted by molar-refractivity contribution is 5.94. The second-order valence-electron chi connectivity index (χ2n) is 8.77. The average Bonchev–Trinajstić information content (AvgIpc) is 3.29. The zero-order valence-corrected chi connectivity index (χ0v) is 18.0. The molecule has 0 spiro atoms. The van der Waals surface area contributed by atoms with E-state index in [0.717, 1.165) is 49.2 Å². The molecule has 1 fully saturated rings. The molecule has 2 heterocycles. The summed E-state index contributed by atoms with van der Waals surface area (Å²) in [6.45, 7) is 2.57. The third-order valence-electron chi connectivity index (χ3n) is 6.39. The molecule has 1 saturated heterocycles. The van der Waals surface area contributed by atoms with E-state index >= 15 is 0 Å². The number of amides is 1. The number of H-pyrrole nitrogens is 1. The predicted octanol–water partition coefficient (Wildman–Crippen LogP) is 2.40. The van der Waals surface area contributed by atoms with Crippen LogP contribution < -0.4 is 4.74 Å². The van der Waals surface area contributed by atoms with Gasteiger partial charge in [0.1, 0.15) is 5.75 Å². The first-order valence-corrected chi connectivity index (χ1v) is 10.9. The lowest BCUT2D eigenvalue weighted by Crippen LogP contribution is -2.42. The van der Waals surface area contributed by atoms with Crippen molar-refractivity contribution < 1.29 is 14.6 Å². The van der Waals surface area contributed by atoms with Crippen LogP contribution in [0.2, 0.25) is 0 Å². The summed E-state index contributed by atoms with van der Waals surface area (Å²) >= 11 is 0. The maximum Gasteiger partial charge on any atom is 0.274 e. The highest BCUT2D eigenvalue weighted by atomic mass is 16.5. The quantitative estimate of drug-likeness (QED) is 0.761. The number of ether oxygens (including phenoxy) is 1. The van der Waals surface area contributed by atoms with Gasteiger partial charge in [-0.1, -0.05) is 12.1 Å². The van der Waals surface area contributed by atoms with Crippen molar-refractivity contribution in [3.05, 3.63) is 46.8 Å². The van der Waals surface area contributed by atoms with Gasteiger partial charge in [-0.2, -0.15) is 5.10 Å². The summed E-state index contributed by atoms with van der Waals surface area (Å²) in [4.78, 5) is 17.1. The van der Waals surface area contributed by atoms with Gasteiger partial charge in [-0.25, -0.2) is 0 Å². The van der Waals surface area contributed by atoms with Crippen molar-refractivity contribution in [1.82, 2.24) is 20.0 Å². The maximum absolute atomic E-state index is 13.0. The summed E-state index contributed by atoms with van der Waals surface area (Å²) < 4.78 is 5.21. The van der Waals surface area contributed by atoms with E-state index in [-0.39, 0.29) is 5.91 Å². The monoisotopic (exact) mass is 412 g/mol. The van der Waals surface area contributed by atoms with Crippen molar-refractivity contribution in [3.63, 3.8) is 0 Å². The molecular formula is C23H32N4O3. The second-order valence-corrected chi connectivity index (χ2v) is 8.77. The number of aliphatic hydroxyl groups is 1. The lowest BCUT2D eigenvalue weighted by molar-refractivity contribution is -0.00402. The number of carbonyl (C=O) groups is 1. The Balaban J connectivity index is 1.34. The Hall–Kier alpha value is -2.38. The molecule has 1 aromatic heterocycles. The molecule has 0 unspecified atom stereocenters. The van der Waals surface area contributed by atoms with Crippen LogP contribution in [0.4, 0.5) is 0 Å². The van der Waals surface area contributed by atoms with Crippen molar-refractivity contribution in [2.24, 2.45) is 0 Å². The first-order valence-electron chi connectivity index (χ1n) is 10.9. The number of nitrogens with one attached hydrogen (secondary N) is 1. The molecule has 1 atom stereocenters. The van der Waals surface area contributed by atoms with Crippen LogP contribution in [0.5, 0.6) is 5.75 Å². The van der Waals surface area contributed by atoms with E-state index in [2.05, 4.69) is 27.2 Å². The predicted molar refractivity (Wildman–Crippen MR) is 115 cm³/mol. The number of carbonyl (C=O) groups excluding carboxylic acids is 1. The van der Waals surface area contributed by atoms with Gasteiger partial charge >= 0.3 is 0 Å². The Bertz CT molecular complexity index is 879. The van der Waals surface area contributed by atoms with Crippen LogP contribution >= 0.6 is 0 Å². The smallest absolute Gasteiger partial charge is 0.274 e. The topological polar surface area (TPSA) is 81.7 Å². The number of fused-ring (bicyclic) bond motifs is 1. The Morgan fingerprint density at radius 1 is 1.23 bits per heavy atom. The standard InChI is InChI=1S/C23H32N4O3/c1-26(15-17-7-9-18(30-2)10-8-17)16-23(29)11-4-13-27(14-12-23)22(28)21-19-5-3-6-20(19)24-25-21/h7-10,29H,3-6,11-16H2,1-2H3,(H,24,25)/t23-/m1/s1. The largest absolute Gasteiger partial charge is 0.497 e. The molecule has 7 nitrogen and oxygen atoms in total. The number of rotatable bonds is 6. The molecule has 1 amide bonds. The van der Waals surface area contributed by atoms with Crippen LogP contribution in [0, 0.1) is 0 Å². The first-order chi connectivity index (χ1) is 14.5. The van der Waals surface area contributed by atoms with E-state index in [1.165, 1.54) is 5.56 Å². The van der Waals surface area contributed by atoms with Gasteiger partial charge in [0.05, 0.1) is 12.7 Å². The number of aromatic amines is 1. The molecule has 0 saturated carbocycles. The highest BCUT2D eigenvalue weighted by Gasteiger charge is 2.34. The minimum absolute atomic E-state index is 0.00485. The van der Waals surface area contributed by atoms with Gasteiger partial charge in [-0.15, -0.1) is 0 Å². The maximum atomic E-state index is 13.0. The van der Waals surface area contributed by atoms with Gasteiger partial charge in [0.25, 0.3) is 5.91 Å². The first kappa shape index (κ1) is 20.9. The number of aryl methyl sites for hydroxylation is 1. The van der Waals surface area contributed by atoms with Gasteiger partial charge in [0, 0.05) is 37.4 Å². The minimum atomic E-state index is -0.788. The zero-order valence-electron chi connectivity index (χ0n) is 18.0. The molecule has 1 aliphatic carbocycles. The highest BCUT2D eigenvalue weighted by Crippen LogP contribution is 2.27. The van der Waals surface area contributed by atoms with E-state index < -0.39 is 5.60 Å². The summed E-state index contributed by atoms with van der Waals surface area (Å²) in [6, 6.07) is 8.02. The SMILES string of the molecule is COc1ccc(CN(C)C[C@@]2(O)CCCN(C(=O)c3n[nH]c4c3CCC4)CC2)cc1. The molecule has 1 aromatic carbocycles. The minimum Gasteiger partial charge on any atom is -0.497 e.